The van der Waals surface area contributed by atoms with Crippen LogP contribution in [0.1, 0.15) is 19.4 Å². The minimum atomic E-state index is -4.47. The van der Waals surface area contributed by atoms with Gasteiger partial charge in [-0.2, -0.15) is 13.2 Å². The maximum atomic E-state index is 12.6. The average molecular weight is 262 g/mol. The van der Waals surface area contributed by atoms with Gasteiger partial charge in [0.25, 0.3) is 0 Å². The molecule has 1 rings (SSSR count). The topological polar surface area (TPSA) is 58.3 Å². The molecule has 1 atom stereocenters. The van der Waals surface area contributed by atoms with Crippen LogP contribution in [-0.4, -0.2) is 17.8 Å². The maximum absolute atomic E-state index is 12.6. The fourth-order valence-corrected chi connectivity index (χ4v) is 1.37. The van der Waals surface area contributed by atoms with Crippen LogP contribution in [0.15, 0.2) is 18.2 Å². The van der Waals surface area contributed by atoms with Crippen LogP contribution in [0.2, 0.25) is 0 Å². The second-order valence-electron chi connectivity index (χ2n) is 4.49. The van der Waals surface area contributed by atoms with Crippen LogP contribution in [0.25, 0.3) is 0 Å². The van der Waals surface area contributed by atoms with Crippen molar-refractivity contribution in [2.75, 3.05) is 17.6 Å². The van der Waals surface area contributed by atoms with E-state index < -0.39 is 17.8 Å². The largest absolute Gasteiger partial charge is 0.418 e. The number of benzene rings is 1. The number of rotatable bonds is 4. The Labute approximate surface area is 104 Å². The fourth-order valence-electron chi connectivity index (χ4n) is 1.37. The number of anilines is 2. The SMILES string of the molecule is CC(C)C(O)CNc1ccc(N)c(C(F)(F)F)c1. The summed E-state index contributed by atoms with van der Waals surface area (Å²) in [6.07, 6.45) is -5.09. The van der Waals surface area contributed by atoms with Crippen molar-refractivity contribution in [1.29, 1.82) is 0 Å². The number of aliphatic hydroxyl groups excluding tert-OH is 1. The summed E-state index contributed by atoms with van der Waals surface area (Å²) in [7, 11) is 0. The zero-order valence-corrected chi connectivity index (χ0v) is 10.3. The highest BCUT2D eigenvalue weighted by molar-refractivity contribution is 5.58. The Morgan fingerprint density at radius 2 is 1.94 bits per heavy atom. The molecular formula is C12H17F3N2O. The maximum Gasteiger partial charge on any atom is 0.418 e. The Kier molecular flexibility index (Phi) is 4.45. The molecule has 0 aliphatic heterocycles. The molecular weight excluding hydrogens is 245 g/mol. The third-order valence-corrected chi connectivity index (χ3v) is 2.64. The number of nitrogens with two attached hydrogens (primary N) is 1. The van der Waals surface area contributed by atoms with Gasteiger partial charge in [-0.25, -0.2) is 0 Å². The number of alkyl halides is 3. The summed E-state index contributed by atoms with van der Waals surface area (Å²) >= 11 is 0. The average Bonchev–Trinajstić information content (AvgIpc) is 2.25. The first-order chi connectivity index (χ1) is 8.21. The van der Waals surface area contributed by atoms with Crippen molar-refractivity contribution < 1.29 is 18.3 Å². The molecule has 6 heteroatoms. The van der Waals surface area contributed by atoms with Gasteiger partial charge in [0.05, 0.1) is 11.7 Å². The summed E-state index contributed by atoms with van der Waals surface area (Å²) in [6.45, 7) is 3.85. The van der Waals surface area contributed by atoms with E-state index in [0.717, 1.165) is 6.07 Å². The third-order valence-electron chi connectivity index (χ3n) is 2.64. The highest BCUT2D eigenvalue weighted by Gasteiger charge is 2.33. The summed E-state index contributed by atoms with van der Waals surface area (Å²) in [4.78, 5) is 0. The van der Waals surface area contributed by atoms with Crippen LogP contribution in [-0.2, 0) is 6.18 Å². The van der Waals surface area contributed by atoms with Crippen LogP contribution < -0.4 is 11.1 Å². The zero-order chi connectivity index (χ0) is 13.9. The summed E-state index contributed by atoms with van der Waals surface area (Å²) in [5.41, 5.74) is 4.39. The number of hydrogen-bond donors (Lipinski definition) is 3. The van der Waals surface area contributed by atoms with Gasteiger partial charge in [-0.15, -0.1) is 0 Å². The molecule has 0 amide bonds. The molecule has 4 N–H and O–H groups in total. The summed E-state index contributed by atoms with van der Waals surface area (Å²) in [5.74, 6) is 0.0355. The predicted octanol–water partition coefficient (Wildman–Crippen LogP) is 2.72. The van der Waals surface area contributed by atoms with Crippen LogP contribution in [0.3, 0.4) is 0 Å². The van der Waals surface area contributed by atoms with Crippen molar-refractivity contribution in [3.05, 3.63) is 23.8 Å². The van der Waals surface area contributed by atoms with Crippen molar-refractivity contribution in [3.8, 4) is 0 Å². The van der Waals surface area contributed by atoms with Gasteiger partial charge in [0.1, 0.15) is 0 Å². The van der Waals surface area contributed by atoms with E-state index in [1.807, 2.05) is 13.8 Å². The molecule has 0 saturated heterocycles. The summed E-state index contributed by atoms with van der Waals surface area (Å²) in [6, 6.07) is 3.60. The van der Waals surface area contributed by atoms with Crippen LogP contribution in [0.4, 0.5) is 24.5 Å². The normalized spacial score (nSPS) is 13.7. The lowest BCUT2D eigenvalue weighted by atomic mass is 10.1. The van der Waals surface area contributed by atoms with Crippen LogP contribution in [0, 0.1) is 5.92 Å². The molecule has 0 heterocycles. The highest BCUT2D eigenvalue weighted by Crippen LogP contribution is 2.35. The molecule has 0 radical (unpaired) electrons. The van der Waals surface area contributed by atoms with Crippen molar-refractivity contribution in [2.24, 2.45) is 5.92 Å². The molecule has 0 saturated carbocycles. The first-order valence-corrected chi connectivity index (χ1v) is 5.60. The molecule has 0 fully saturated rings. The van der Waals surface area contributed by atoms with Crippen LogP contribution >= 0.6 is 0 Å². The third kappa shape index (κ3) is 3.80. The van der Waals surface area contributed by atoms with Gasteiger partial charge in [-0.3, -0.25) is 0 Å². The Morgan fingerprint density at radius 1 is 1.33 bits per heavy atom. The number of nitrogen functional groups attached to an aromatic ring is 1. The lowest BCUT2D eigenvalue weighted by Crippen LogP contribution is -2.24. The molecule has 0 aromatic heterocycles. The van der Waals surface area contributed by atoms with Gasteiger partial charge >= 0.3 is 6.18 Å². The van der Waals surface area contributed by atoms with E-state index >= 15 is 0 Å². The van der Waals surface area contributed by atoms with Crippen molar-refractivity contribution in [2.45, 2.75) is 26.1 Å². The first-order valence-electron chi connectivity index (χ1n) is 5.60. The molecule has 0 bridgehead atoms. The van der Waals surface area contributed by atoms with Crippen LogP contribution in [0.5, 0.6) is 0 Å². The molecule has 102 valence electrons. The minimum absolute atomic E-state index is 0.0355. The highest BCUT2D eigenvalue weighted by atomic mass is 19.4. The van der Waals surface area contributed by atoms with E-state index in [1.165, 1.54) is 12.1 Å². The molecule has 1 aromatic rings. The Morgan fingerprint density at radius 3 is 2.44 bits per heavy atom. The van der Waals surface area contributed by atoms with E-state index in [-0.39, 0.29) is 23.8 Å². The van der Waals surface area contributed by atoms with E-state index in [0.29, 0.717) is 0 Å². The van der Waals surface area contributed by atoms with E-state index in [1.54, 1.807) is 0 Å². The fraction of sp³-hybridized carbons (Fsp3) is 0.500. The Bertz CT molecular complexity index is 405. The molecule has 1 unspecified atom stereocenters. The smallest absolute Gasteiger partial charge is 0.398 e. The second-order valence-corrected chi connectivity index (χ2v) is 4.49. The molecule has 18 heavy (non-hydrogen) atoms. The molecule has 0 aliphatic rings. The molecule has 3 nitrogen and oxygen atoms in total. The van der Waals surface area contributed by atoms with Crippen molar-refractivity contribution in [3.63, 3.8) is 0 Å². The quantitative estimate of drug-likeness (QED) is 0.731. The predicted molar refractivity (Wildman–Crippen MR) is 65.2 cm³/mol. The summed E-state index contributed by atoms with van der Waals surface area (Å²) < 4.78 is 37.8. The minimum Gasteiger partial charge on any atom is -0.398 e. The van der Waals surface area contributed by atoms with E-state index in [4.69, 9.17) is 5.73 Å². The van der Waals surface area contributed by atoms with Gasteiger partial charge in [-0.1, -0.05) is 13.8 Å². The first kappa shape index (κ1) is 14.6. The Hall–Kier alpha value is -1.43. The van der Waals surface area contributed by atoms with Gasteiger partial charge < -0.3 is 16.2 Å². The molecule has 0 spiro atoms. The lowest BCUT2D eigenvalue weighted by Gasteiger charge is -2.17. The summed E-state index contributed by atoms with van der Waals surface area (Å²) in [5, 5.41) is 12.3. The second kappa shape index (κ2) is 5.48. The van der Waals surface area contributed by atoms with Crippen molar-refractivity contribution in [1.82, 2.24) is 0 Å². The zero-order valence-electron chi connectivity index (χ0n) is 10.3. The van der Waals surface area contributed by atoms with E-state index in [2.05, 4.69) is 5.32 Å². The molecule has 1 aromatic carbocycles. The van der Waals surface area contributed by atoms with Crippen molar-refractivity contribution >= 4 is 11.4 Å². The standard InChI is InChI=1S/C12H17F3N2O/c1-7(2)11(18)6-17-8-3-4-10(16)9(5-8)12(13,14)15/h3-5,7,11,17-18H,6,16H2,1-2H3. The number of nitrogens with one attached hydrogen (secondary N) is 1. The van der Waals surface area contributed by atoms with Gasteiger partial charge in [0.2, 0.25) is 0 Å². The lowest BCUT2D eigenvalue weighted by molar-refractivity contribution is -0.136. The number of aliphatic hydroxyl groups is 1. The Balaban J connectivity index is 2.80. The monoisotopic (exact) mass is 262 g/mol. The van der Waals surface area contributed by atoms with Gasteiger partial charge in [-0.05, 0) is 24.1 Å². The van der Waals surface area contributed by atoms with E-state index in [9.17, 15) is 18.3 Å². The number of hydrogen-bond acceptors (Lipinski definition) is 3. The van der Waals surface area contributed by atoms with Gasteiger partial charge in [0.15, 0.2) is 0 Å². The molecule has 0 aliphatic carbocycles. The van der Waals surface area contributed by atoms with Gasteiger partial charge in [0, 0.05) is 17.9 Å². The number of halogens is 3.